The molecule has 1 aromatic rings. The predicted octanol–water partition coefficient (Wildman–Crippen LogP) is 8.12. The number of Topliss-reactive ketones (excluding diaryl/α,β-unsaturated/α-hetero) is 1. The summed E-state index contributed by atoms with van der Waals surface area (Å²) in [6.45, 7) is 23.1. The fraction of sp³-hybridized carbons (Fsp3) is 0.606. The van der Waals surface area contributed by atoms with Crippen molar-refractivity contribution >= 4 is 5.78 Å². The highest BCUT2D eigenvalue weighted by atomic mass is 16.5. The van der Waals surface area contributed by atoms with Gasteiger partial charge >= 0.3 is 0 Å². The maximum absolute atomic E-state index is 12.3. The van der Waals surface area contributed by atoms with Gasteiger partial charge in [0.15, 0.2) is 5.78 Å². The van der Waals surface area contributed by atoms with Crippen molar-refractivity contribution in [2.24, 2.45) is 5.41 Å². The van der Waals surface area contributed by atoms with Gasteiger partial charge in [-0.25, -0.2) is 0 Å². The molecule has 0 aromatic heterocycles. The molecule has 0 spiro atoms. The van der Waals surface area contributed by atoms with Crippen molar-refractivity contribution in [3.8, 4) is 5.75 Å². The van der Waals surface area contributed by atoms with Crippen LogP contribution in [-0.4, -0.2) is 43.4 Å². The van der Waals surface area contributed by atoms with Gasteiger partial charge in [0.25, 0.3) is 0 Å². The third-order valence-electron chi connectivity index (χ3n) is 6.01. The van der Waals surface area contributed by atoms with E-state index in [-0.39, 0.29) is 17.8 Å². The van der Waals surface area contributed by atoms with E-state index >= 15 is 0 Å². The zero-order chi connectivity index (χ0) is 30.4. The van der Waals surface area contributed by atoms with Crippen LogP contribution in [0.15, 0.2) is 53.8 Å². The molecular formula is C33H58O5. The van der Waals surface area contributed by atoms with Crippen molar-refractivity contribution in [1.82, 2.24) is 0 Å². The average Bonchev–Trinajstić information content (AvgIpc) is 2.91. The monoisotopic (exact) mass is 534 g/mol. The molecule has 220 valence electrons. The summed E-state index contributed by atoms with van der Waals surface area (Å²) in [4.78, 5) is 12.3. The zero-order valence-corrected chi connectivity index (χ0v) is 26.7. The quantitative estimate of drug-likeness (QED) is 0.209. The van der Waals surface area contributed by atoms with E-state index in [1.165, 1.54) is 11.1 Å². The standard InChI is InChI=1S/C29H44O3.C2H6.2CH4O/c1-10-13-14-15-27(31-19-18-22(4)5)29(11-2,12-3)24-16-17-25(23(6)20-24)32-21-26(30)28(7,8)9;3*1-2/h10,13,15-18,20H,11-12,14,19,21H2,1-9H3;1-2H3;2*2H,1H3/b13-10-,27-15-;;;. The number of aliphatic hydroxyl groups is 2. The lowest BCUT2D eigenvalue weighted by molar-refractivity contribution is -0.128. The average molecular weight is 535 g/mol. The van der Waals surface area contributed by atoms with Gasteiger partial charge < -0.3 is 19.7 Å². The smallest absolute Gasteiger partial charge is 0.175 e. The molecule has 5 heteroatoms. The second-order valence-electron chi connectivity index (χ2n) is 9.70. The van der Waals surface area contributed by atoms with Crippen LogP contribution in [0.5, 0.6) is 5.75 Å². The third kappa shape index (κ3) is 14.0. The predicted molar refractivity (Wildman–Crippen MR) is 164 cm³/mol. The summed E-state index contributed by atoms with van der Waals surface area (Å²) >= 11 is 0. The van der Waals surface area contributed by atoms with Crippen molar-refractivity contribution < 1.29 is 24.5 Å². The summed E-state index contributed by atoms with van der Waals surface area (Å²) in [5, 5.41) is 14.0. The fourth-order valence-corrected chi connectivity index (χ4v) is 3.62. The lowest BCUT2D eigenvalue weighted by atomic mass is 9.73. The highest BCUT2D eigenvalue weighted by molar-refractivity contribution is 5.85. The molecule has 0 atom stereocenters. The van der Waals surface area contributed by atoms with Crippen LogP contribution in [0.2, 0.25) is 0 Å². The van der Waals surface area contributed by atoms with Gasteiger partial charge in [-0.3, -0.25) is 4.79 Å². The first-order valence-corrected chi connectivity index (χ1v) is 13.8. The lowest BCUT2D eigenvalue weighted by Crippen LogP contribution is -2.29. The Balaban J connectivity index is -0.00000190. The SMILES string of the molecule is C/C=C\C/C=C(\OCC=C(C)C)C(CC)(CC)c1ccc(OCC(=O)C(C)(C)C)c(C)c1.CC.CO.CO. The number of allylic oxidation sites excluding steroid dienone is 5. The number of ketones is 1. The first kappa shape index (κ1) is 40.1. The number of carbonyl (C=O) groups excluding carboxylic acids is 1. The summed E-state index contributed by atoms with van der Waals surface area (Å²) in [6, 6.07) is 6.32. The van der Waals surface area contributed by atoms with E-state index in [4.69, 9.17) is 19.7 Å². The van der Waals surface area contributed by atoms with Crippen molar-refractivity contribution in [2.75, 3.05) is 27.4 Å². The van der Waals surface area contributed by atoms with E-state index in [0.717, 1.165) is 50.6 Å². The van der Waals surface area contributed by atoms with E-state index in [1.54, 1.807) is 0 Å². The van der Waals surface area contributed by atoms with Crippen LogP contribution in [-0.2, 0) is 14.9 Å². The molecule has 0 unspecified atom stereocenters. The van der Waals surface area contributed by atoms with Gasteiger partial charge in [0, 0.05) is 19.6 Å². The highest BCUT2D eigenvalue weighted by Crippen LogP contribution is 2.41. The Morgan fingerprint density at radius 1 is 0.974 bits per heavy atom. The van der Waals surface area contributed by atoms with Crippen molar-refractivity contribution in [1.29, 1.82) is 0 Å². The summed E-state index contributed by atoms with van der Waals surface area (Å²) in [5.74, 6) is 1.88. The summed E-state index contributed by atoms with van der Waals surface area (Å²) in [5.41, 5.74) is 2.90. The largest absolute Gasteiger partial charge is 0.493 e. The van der Waals surface area contributed by atoms with Crippen LogP contribution in [0.3, 0.4) is 0 Å². The molecule has 0 amide bonds. The van der Waals surface area contributed by atoms with E-state index in [2.05, 4.69) is 64.1 Å². The number of hydrogen-bond acceptors (Lipinski definition) is 5. The first-order valence-electron chi connectivity index (χ1n) is 13.8. The summed E-state index contributed by atoms with van der Waals surface area (Å²) < 4.78 is 12.2. The van der Waals surface area contributed by atoms with Gasteiger partial charge in [-0.1, -0.05) is 78.3 Å². The molecule has 38 heavy (non-hydrogen) atoms. The zero-order valence-electron chi connectivity index (χ0n) is 26.7. The molecule has 0 radical (unpaired) electrons. The number of hydrogen-bond donors (Lipinski definition) is 2. The molecule has 5 nitrogen and oxygen atoms in total. The van der Waals surface area contributed by atoms with E-state index in [0.29, 0.717) is 6.61 Å². The Morgan fingerprint density at radius 3 is 1.95 bits per heavy atom. The molecule has 0 aliphatic heterocycles. The van der Waals surface area contributed by atoms with Crippen LogP contribution >= 0.6 is 0 Å². The number of aryl methyl sites for hydroxylation is 1. The molecular weight excluding hydrogens is 476 g/mol. The summed E-state index contributed by atoms with van der Waals surface area (Å²) in [6.07, 6.45) is 11.3. The number of carbonyl (C=O) groups is 1. The maximum atomic E-state index is 12.3. The molecule has 0 saturated heterocycles. The minimum atomic E-state index is -0.400. The molecule has 0 saturated carbocycles. The minimum Gasteiger partial charge on any atom is -0.493 e. The Bertz CT molecular complexity index is 833. The Hall–Kier alpha value is -2.37. The number of benzene rings is 1. The van der Waals surface area contributed by atoms with Crippen LogP contribution < -0.4 is 4.74 Å². The van der Waals surface area contributed by atoms with Crippen LogP contribution in [0, 0.1) is 12.3 Å². The van der Waals surface area contributed by atoms with Gasteiger partial charge in [0.2, 0.25) is 0 Å². The second-order valence-corrected chi connectivity index (χ2v) is 9.70. The second kappa shape index (κ2) is 22.6. The lowest BCUT2D eigenvalue weighted by Gasteiger charge is -2.35. The number of ether oxygens (including phenoxy) is 2. The van der Waals surface area contributed by atoms with Crippen molar-refractivity contribution in [3.63, 3.8) is 0 Å². The van der Waals surface area contributed by atoms with Crippen LogP contribution in [0.1, 0.15) is 99.6 Å². The first-order chi connectivity index (χ1) is 18.0. The molecule has 0 fully saturated rings. The van der Waals surface area contributed by atoms with Gasteiger partial charge in [-0.05, 0) is 76.3 Å². The van der Waals surface area contributed by atoms with E-state index < -0.39 is 5.41 Å². The van der Waals surface area contributed by atoms with E-state index in [1.807, 2.05) is 54.5 Å². The van der Waals surface area contributed by atoms with Gasteiger partial charge in [0.05, 0.1) is 5.41 Å². The molecule has 1 rings (SSSR count). The van der Waals surface area contributed by atoms with Crippen LogP contribution in [0.4, 0.5) is 0 Å². The number of rotatable bonds is 12. The Kier molecular flexibility index (Phi) is 23.9. The maximum Gasteiger partial charge on any atom is 0.175 e. The van der Waals surface area contributed by atoms with E-state index in [9.17, 15) is 4.79 Å². The summed E-state index contributed by atoms with van der Waals surface area (Å²) in [7, 11) is 2.00. The van der Waals surface area contributed by atoms with Crippen molar-refractivity contribution in [3.05, 3.63) is 65.0 Å². The number of aliphatic hydroxyl groups excluding tert-OH is 2. The molecule has 2 N–H and O–H groups in total. The Labute approximate surface area is 234 Å². The topological polar surface area (TPSA) is 76.0 Å². The van der Waals surface area contributed by atoms with Crippen molar-refractivity contribution in [2.45, 2.75) is 101 Å². The molecule has 0 aliphatic rings. The molecule has 0 heterocycles. The van der Waals surface area contributed by atoms with Gasteiger partial charge in [-0.15, -0.1) is 0 Å². The molecule has 1 aromatic carbocycles. The normalized spacial score (nSPS) is 11.2. The van der Waals surface area contributed by atoms with Gasteiger partial charge in [0.1, 0.15) is 24.7 Å². The minimum absolute atomic E-state index is 0.0940. The van der Waals surface area contributed by atoms with Crippen LogP contribution in [0.25, 0.3) is 0 Å². The highest BCUT2D eigenvalue weighted by Gasteiger charge is 2.35. The Morgan fingerprint density at radius 2 is 1.53 bits per heavy atom. The van der Waals surface area contributed by atoms with Gasteiger partial charge in [-0.2, -0.15) is 0 Å². The molecule has 0 aliphatic carbocycles. The molecule has 0 bridgehead atoms. The fourth-order valence-electron chi connectivity index (χ4n) is 3.62. The third-order valence-corrected chi connectivity index (χ3v) is 6.01.